The van der Waals surface area contributed by atoms with E-state index < -0.39 is 11.7 Å². The summed E-state index contributed by atoms with van der Waals surface area (Å²) in [6.45, 7) is 5.61. The number of nitrogens with one attached hydrogen (secondary N) is 2. The maximum absolute atomic E-state index is 12.8. The van der Waals surface area contributed by atoms with E-state index in [0.717, 1.165) is 61.1 Å². The van der Waals surface area contributed by atoms with Crippen LogP contribution in [0.4, 0.5) is 19.0 Å². The van der Waals surface area contributed by atoms with Gasteiger partial charge in [0.25, 0.3) is 0 Å². The molecule has 0 radical (unpaired) electrons. The van der Waals surface area contributed by atoms with E-state index >= 15 is 0 Å². The summed E-state index contributed by atoms with van der Waals surface area (Å²) in [5.74, 6) is 1.65. The van der Waals surface area contributed by atoms with Crippen LogP contribution in [0.2, 0.25) is 0 Å². The number of likely N-dealkylation sites (tertiary alicyclic amines) is 1. The zero-order chi connectivity index (χ0) is 23.1. The summed E-state index contributed by atoms with van der Waals surface area (Å²) < 4.78 is 38.3. The molecular formula is C23H31F3N6. The lowest BCUT2D eigenvalue weighted by molar-refractivity contribution is -0.137. The molecule has 174 valence electrons. The molecule has 32 heavy (non-hydrogen) atoms. The van der Waals surface area contributed by atoms with Gasteiger partial charge in [-0.2, -0.15) is 13.2 Å². The van der Waals surface area contributed by atoms with Crippen LogP contribution in [-0.4, -0.2) is 55.6 Å². The molecule has 9 heteroatoms. The molecule has 1 aromatic heterocycles. The Labute approximate surface area is 187 Å². The molecule has 1 atom stereocenters. The van der Waals surface area contributed by atoms with Crippen molar-refractivity contribution in [1.29, 1.82) is 0 Å². The summed E-state index contributed by atoms with van der Waals surface area (Å²) in [4.78, 5) is 13.4. The number of rotatable bonds is 7. The van der Waals surface area contributed by atoms with E-state index in [9.17, 15) is 13.2 Å². The van der Waals surface area contributed by atoms with E-state index in [1.54, 1.807) is 18.3 Å². The lowest BCUT2D eigenvalue weighted by Crippen LogP contribution is -2.44. The number of alkyl halides is 3. The normalized spacial score (nSPS) is 17.4. The van der Waals surface area contributed by atoms with Crippen LogP contribution in [-0.2, 0) is 19.3 Å². The fraction of sp³-hybridized carbons (Fsp3) is 0.478. The minimum Gasteiger partial charge on any atom is -0.362 e. The molecule has 1 unspecified atom stereocenters. The molecule has 3 rings (SSSR count). The van der Waals surface area contributed by atoms with Gasteiger partial charge in [-0.1, -0.05) is 18.2 Å². The Balaban J connectivity index is 1.57. The molecule has 0 aliphatic carbocycles. The van der Waals surface area contributed by atoms with Crippen molar-refractivity contribution in [2.45, 2.75) is 38.7 Å². The van der Waals surface area contributed by atoms with Crippen molar-refractivity contribution >= 4 is 11.8 Å². The largest absolute Gasteiger partial charge is 0.416 e. The van der Waals surface area contributed by atoms with Crippen LogP contribution in [0.5, 0.6) is 0 Å². The van der Waals surface area contributed by atoms with Crippen LogP contribution in [0.25, 0.3) is 0 Å². The first-order valence-corrected chi connectivity index (χ1v) is 10.8. The Kier molecular flexibility index (Phi) is 7.95. The Morgan fingerprint density at radius 1 is 1.22 bits per heavy atom. The number of benzene rings is 1. The third-order valence-electron chi connectivity index (χ3n) is 5.34. The number of halogens is 3. The van der Waals surface area contributed by atoms with Crippen molar-refractivity contribution in [2.24, 2.45) is 4.99 Å². The van der Waals surface area contributed by atoms with E-state index in [1.807, 2.05) is 38.1 Å². The second-order valence-corrected chi connectivity index (χ2v) is 8.14. The molecule has 6 nitrogen and oxygen atoms in total. The summed E-state index contributed by atoms with van der Waals surface area (Å²) in [6, 6.07) is 9.58. The number of anilines is 1. The highest BCUT2D eigenvalue weighted by Crippen LogP contribution is 2.29. The van der Waals surface area contributed by atoms with Crippen molar-refractivity contribution in [3.8, 4) is 0 Å². The monoisotopic (exact) mass is 448 g/mol. The summed E-state index contributed by atoms with van der Waals surface area (Å²) in [5, 5.41) is 6.79. The van der Waals surface area contributed by atoms with Gasteiger partial charge in [0.05, 0.1) is 12.1 Å². The van der Waals surface area contributed by atoms with Crippen LogP contribution in [0.3, 0.4) is 0 Å². The number of hydrogen-bond acceptors (Lipinski definition) is 4. The Bertz CT molecular complexity index is 895. The average Bonchev–Trinajstić information content (AvgIpc) is 3.18. The second-order valence-electron chi connectivity index (χ2n) is 8.14. The highest BCUT2D eigenvalue weighted by Gasteiger charge is 2.30. The SMILES string of the molecule is CCNC(=NCc1cccnc1N(C)C)NC1CCN(Cc2ccc(C(F)(F)F)cc2)C1. The molecule has 1 fully saturated rings. The summed E-state index contributed by atoms with van der Waals surface area (Å²) in [6.07, 6.45) is -1.58. The highest BCUT2D eigenvalue weighted by atomic mass is 19.4. The zero-order valence-electron chi connectivity index (χ0n) is 18.8. The molecule has 2 N–H and O–H groups in total. The van der Waals surface area contributed by atoms with E-state index in [2.05, 4.69) is 20.5 Å². The van der Waals surface area contributed by atoms with Gasteiger partial charge in [0, 0.05) is 58.1 Å². The van der Waals surface area contributed by atoms with E-state index in [1.165, 1.54) is 0 Å². The molecule has 0 bridgehead atoms. The molecule has 1 aromatic carbocycles. The van der Waals surface area contributed by atoms with Crippen molar-refractivity contribution in [1.82, 2.24) is 20.5 Å². The lowest BCUT2D eigenvalue weighted by Gasteiger charge is -2.19. The number of hydrogen-bond donors (Lipinski definition) is 2. The highest BCUT2D eigenvalue weighted by molar-refractivity contribution is 5.80. The topological polar surface area (TPSA) is 55.8 Å². The maximum Gasteiger partial charge on any atom is 0.416 e. The molecule has 0 saturated carbocycles. The van der Waals surface area contributed by atoms with Crippen molar-refractivity contribution in [2.75, 3.05) is 38.6 Å². The smallest absolute Gasteiger partial charge is 0.362 e. The van der Waals surface area contributed by atoms with E-state index in [-0.39, 0.29) is 6.04 Å². The quantitative estimate of drug-likeness (QED) is 0.502. The first kappa shape index (κ1) is 23.8. The molecule has 0 spiro atoms. The summed E-state index contributed by atoms with van der Waals surface area (Å²) >= 11 is 0. The van der Waals surface area contributed by atoms with Crippen LogP contribution in [0.15, 0.2) is 47.6 Å². The molecule has 1 aliphatic rings. The number of aliphatic imine (C=N–C) groups is 1. The Morgan fingerprint density at radius 2 is 1.97 bits per heavy atom. The number of pyridine rings is 1. The maximum atomic E-state index is 12.8. The van der Waals surface area contributed by atoms with E-state index in [4.69, 9.17) is 4.99 Å². The molecule has 2 heterocycles. The van der Waals surface area contributed by atoms with Gasteiger partial charge >= 0.3 is 6.18 Å². The van der Waals surface area contributed by atoms with Crippen LogP contribution >= 0.6 is 0 Å². The minimum atomic E-state index is -4.30. The van der Waals surface area contributed by atoms with Gasteiger partial charge in [0.2, 0.25) is 0 Å². The summed E-state index contributed by atoms with van der Waals surface area (Å²) in [5.41, 5.74) is 1.32. The van der Waals surface area contributed by atoms with Crippen LogP contribution in [0.1, 0.15) is 30.0 Å². The van der Waals surface area contributed by atoms with Crippen molar-refractivity contribution in [3.63, 3.8) is 0 Å². The average molecular weight is 449 g/mol. The van der Waals surface area contributed by atoms with Crippen molar-refractivity contribution < 1.29 is 13.2 Å². The third kappa shape index (κ3) is 6.59. The first-order chi connectivity index (χ1) is 15.3. The number of nitrogens with zero attached hydrogens (tertiary/aromatic N) is 4. The minimum absolute atomic E-state index is 0.226. The molecule has 1 saturated heterocycles. The fourth-order valence-corrected chi connectivity index (χ4v) is 3.79. The lowest BCUT2D eigenvalue weighted by atomic mass is 10.1. The van der Waals surface area contributed by atoms with Gasteiger partial charge < -0.3 is 15.5 Å². The third-order valence-corrected chi connectivity index (χ3v) is 5.34. The second kappa shape index (κ2) is 10.7. The van der Waals surface area contributed by atoms with Crippen molar-refractivity contribution in [3.05, 3.63) is 59.3 Å². The predicted molar refractivity (Wildman–Crippen MR) is 122 cm³/mol. The number of guanidine groups is 1. The van der Waals surface area contributed by atoms with Crippen LogP contribution < -0.4 is 15.5 Å². The standard InChI is InChI=1S/C23H31F3N6/c1-4-27-22(29-14-18-6-5-12-28-21(18)31(2)3)30-20-11-13-32(16-20)15-17-7-9-19(10-8-17)23(24,25)26/h5-10,12,20H,4,11,13-16H2,1-3H3,(H2,27,29,30). The Morgan fingerprint density at radius 3 is 2.62 bits per heavy atom. The van der Waals surface area contributed by atoms with E-state index in [0.29, 0.717) is 13.1 Å². The molecule has 2 aromatic rings. The van der Waals surface area contributed by atoms with Gasteiger partial charge in [0.1, 0.15) is 5.82 Å². The zero-order valence-corrected chi connectivity index (χ0v) is 18.8. The first-order valence-electron chi connectivity index (χ1n) is 10.8. The van der Waals surface area contributed by atoms with Gasteiger partial charge in [-0.25, -0.2) is 9.98 Å². The fourth-order valence-electron chi connectivity index (χ4n) is 3.79. The molecule has 0 amide bonds. The van der Waals surface area contributed by atoms with Crippen LogP contribution in [0, 0.1) is 0 Å². The van der Waals surface area contributed by atoms with Gasteiger partial charge in [-0.05, 0) is 37.1 Å². The van der Waals surface area contributed by atoms with Gasteiger partial charge in [-0.15, -0.1) is 0 Å². The number of aromatic nitrogens is 1. The Hall–Kier alpha value is -2.81. The van der Waals surface area contributed by atoms with Gasteiger partial charge in [-0.3, -0.25) is 4.90 Å². The molecular weight excluding hydrogens is 417 g/mol. The molecule has 1 aliphatic heterocycles. The van der Waals surface area contributed by atoms with Gasteiger partial charge in [0.15, 0.2) is 5.96 Å². The summed E-state index contributed by atoms with van der Waals surface area (Å²) in [7, 11) is 3.92. The predicted octanol–water partition coefficient (Wildman–Crippen LogP) is 3.50.